The topological polar surface area (TPSA) is 65.3 Å². The van der Waals surface area contributed by atoms with Gasteiger partial charge in [0.05, 0.1) is 20.3 Å². The molecule has 2 aromatic carbocycles. The molecule has 3 aromatic rings. The van der Waals surface area contributed by atoms with Crippen molar-refractivity contribution in [3.05, 3.63) is 65.0 Å². The molecule has 5 rings (SSSR count). The summed E-state index contributed by atoms with van der Waals surface area (Å²) in [4.78, 5) is 2.48. The molecule has 0 amide bonds. The number of hydrogen-bond acceptors (Lipinski definition) is 6. The van der Waals surface area contributed by atoms with Crippen molar-refractivity contribution in [2.75, 3.05) is 20.8 Å². The van der Waals surface area contributed by atoms with Crippen molar-refractivity contribution in [2.45, 2.75) is 57.2 Å². The van der Waals surface area contributed by atoms with Gasteiger partial charge in [-0.1, -0.05) is 43.5 Å². The number of benzene rings is 2. The molecule has 1 atom stereocenters. The maximum atomic E-state index is 5.83. The smallest absolute Gasteiger partial charge is 0.173 e. The molecule has 1 aliphatic heterocycles. The molecule has 0 radical (unpaired) electrons. The number of methoxy groups -OCH3 is 2. The number of fused-ring (bicyclic) bond motifs is 1. The highest BCUT2D eigenvalue weighted by Gasteiger charge is 2.34. The van der Waals surface area contributed by atoms with Crippen molar-refractivity contribution in [3.63, 3.8) is 0 Å². The molecule has 0 N–H and O–H groups in total. The summed E-state index contributed by atoms with van der Waals surface area (Å²) in [5, 5.41) is 13.2. The van der Waals surface area contributed by atoms with Crippen molar-refractivity contribution in [2.24, 2.45) is 0 Å². The molecule has 0 bridgehead atoms. The largest absolute Gasteiger partial charge is 0.497 e. The fourth-order valence-corrected chi connectivity index (χ4v) is 5.25. The minimum Gasteiger partial charge on any atom is -0.497 e. The maximum absolute atomic E-state index is 5.83. The average molecular weight is 434 g/mol. The molecule has 168 valence electrons. The lowest BCUT2D eigenvalue weighted by atomic mass is 9.93. The minimum absolute atomic E-state index is 0.0962. The van der Waals surface area contributed by atoms with E-state index in [1.165, 1.54) is 30.4 Å². The zero-order chi connectivity index (χ0) is 21.9. The quantitative estimate of drug-likeness (QED) is 0.576. The summed E-state index contributed by atoms with van der Waals surface area (Å²) in [6.07, 6.45) is 7.04. The minimum atomic E-state index is -0.0962. The Labute approximate surface area is 189 Å². The first-order valence-corrected chi connectivity index (χ1v) is 11.6. The summed E-state index contributed by atoms with van der Waals surface area (Å²) in [5.41, 5.74) is 3.86. The third-order valence-electron chi connectivity index (χ3n) is 6.94. The second kappa shape index (κ2) is 9.28. The predicted octanol–water partition coefficient (Wildman–Crippen LogP) is 4.34. The van der Waals surface area contributed by atoms with Gasteiger partial charge in [-0.2, -0.15) is 0 Å². The Balaban J connectivity index is 1.59. The van der Waals surface area contributed by atoms with E-state index in [0.717, 1.165) is 55.2 Å². The van der Waals surface area contributed by atoms with Gasteiger partial charge in [-0.05, 0) is 52.9 Å². The van der Waals surface area contributed by atoms with E-state index < -0.39 is 0 Å². The first kappa shape index (κ1) is 20.9. The molecule has 2 heterocycles. The number of hydrogen-bond donors (Lipinski definition) is 0. The zero-order valence-electron chi connectivity index (χ0n) is 18.9. The van der Waals surface area contributed by atoms with E-state index in [1.54, 1.807) is 14.2 Å². The van der Waals surface area contributed by atoms with Gasteiger partial charge in [0, 0.05) is 24.7 Å². The molecular weight excluding hydrogens is 402 g/mol. The van der Waals surface area contributed by atoms with E-state index in [2.05, 4.69) is 55.4 Å². The van der Waals surface area contributed by atoms with Crippen molar-refractivity contribution >= 4 is 0 Å². The highest BCUT2D eigenvalue weighted by Crippen LogP contribution is 2.40. The Morgan fingerprint density at radius 3 is 2.56 bits per heavy atom. The Kier molecular flexibility index (Phi) is 6.08. The van der Waals surface area contributed by atoms with Crippen LogP contribution in [-0.2, 0) is 13.0 Å². The number of rotatable bonds is 6. The van der Waals surface area contributed by atoms with Gasteiger partial charge >= 0.3 is 0 Å². The van der Waals surface area contributed by atoms with Crippen molar-refractivity contribution < 1.29 is 9.47 Å². The normalized spacial score (nSPS) is 18.2. The fraction of sp³-hybridized carbons (Fsp3) is 0.480. The number of tetrazole rings is 1. The van der Waals surface area contributed by atoms with E-state index in [-0.39, 0.29) is 6.04 Å². The Morgan fingerprint density at radius 1 is 0.969 bits per heavy atom. The van der Waals surface area contributed by atoms with Gasteiger partial charge in [-0.3, -0.25) is 4.90 Å². The van der Waals surface area contributed by atoms with Crippen LogP contribution < -0.4 is 9.47 Å². The molecule has 1 fully saturated rings. The Morgan fingerprint density at radius 2 is 1.78 bits per heavy atom. The van der Waals surface area contributed by atoms with Crippen LogP contribution in [0.1, 0.15) is 66.7 Å². The molecule has 2 aliphatic rings. The first-order chi connectivity index (χ1) is 15.8. The predicted molar refractivity (Wildman–Crippen MR) is 122 cm³/mol. The zero-order valence-corrected chi connectivity index (χ0v) is 18.9. The standard InChI is InChI=1S/C25H31N5O2/c1-31-21-12-13-22(23(16-21)32-2)24(29-15-14-18-8-6-7-9-19(18)17-29)25-26-27-28-30(25)20-10-4-3-5-11-20/h6-9,12-13,16,20,24H,3-5,10-11,14-15,17H2,1-2H3/t24-/m1/s1. The van der Waals surface area contributed by atoms with Crippen LogP contribution in [0.15, 0.2) is 42.5 Å². The first-order valence-electron chi connectivity index (χ1n) is 11.6. The molecule has 7 heteroatoms. The molecule has 32 heavy (non-hydrogen) atoms. The molecule has 7 nitrogen and oxygen atoms in total. The van der Waals surface area contributed by atoms with Gasteiger partial charge in [-0.25, -0.2) is 4.68 Å². The van der Waals surface area contributed by atoms with Crippen LogP contribution in [0.2, 0.25) is 0 Å². The van der Waals surface area contributed by atoms with E-state index in [1.807, 2.05) is 12.1 Å². The lowest BCUT2D eigenvalue weighted by Gasteiger charge is -2.36. The fourth-order valence-electron chi connectivity index (χ4n) is 5.25. The molecule has 0 unspecified atom stereocenters. The van der Waals surface area contributed by atoms with Crippen molar-refractivity contribution in [3.8, 4) is 11.5 Å². The second-order valence-corrected chi connectivity index (χ2v) is 8.77. The molecule has 1 saturated carbocycles. The van der Waals surface area contributed by atoms with Crippen LogP contribution in [0.3, 0.4) is 0 Å². The van der Waals surface area contributed by atoms with Crippen LogP contribution in [0, 0.1) is 0 Å². The van der Waals surface area contributed by atoms with Gasteiger partial charge in [0.25, 0.3) is 0 Å². The van der Waals surface area contributed by atoms with Crippen molar-refractivity contribution in [1.82, 2.24) is 25.1 Å². The van der Waals surface area contributed by atoms with E-state index >= 15 is 0 Å². The molecule has 0 saturated heterocycles. The molecule has 1 aromatic heterocycles. The lowest BCUT2D eigenvalue weighted by molar-refractivity contribution is 0.184. The van der Waals surface area contributed by atoms with Crippen LogP contribution in [-0.4, -0.2) is 45.9 Å². The lowest BCUT2D eigenvalue weighted by Crippen LogP contribution is -2.37. The van der Waals surface area contributed by atoms with Gasteiger partial charge in [0.2, 0.25) is 0 Å². The highest BCUT2D eigenvalue weighted by atomic mass is 16.5. The third-order valence-corrected chi connectivity index (χ3v) is 6.94. The van der Waals surface area contributed by atoms with E-state index in [0.29, 0.717) is 6.04 Å². The van der Waals surface area contributed by atoms with E-state index in [4.69, 9.17) is 9.47 Å². The maximum Gasteiger partial charge on any atom is 0.173 e. The van der Waals surface area contributed by atoms with Crippen LogP contribution >= 0.6 is 0 Å². The highest BCUT2D eigenvalue weighted by molar-refractivity contribution is 5.45. The summed E-state index contributed by atoms with van der Waals surface area (Å²) in [5.74, 6) is 2.48. The van der Waals surface area contributed by atoms with Crippen molar-refractivity contribution in [1.29, 1.82) is 0 Å². The van der Waals surface area contributed by atoms with Crippen LogP contribution in [0.4, 0.5) is 0 Å². The summed E-state index contributed by atoms with van der Waals surface area (Å²) in [7, 11) is 3.39. The van der Waals surface area contributed by atoms with E-state index in [9.17, 15) is 0 Å². The summed E-state index contributed by atoms with van der Waals surface area (Å²) in [6, 6.07) is 15.0. The average Bonchev–Trinajstić information content (AvgIpc) is 3.34. The third kappa shape index (κ3) is 3.97. The second-order valence-electron chi connectivity index (χ2n) is 8.77. The summed E-state index contributed by atoms with van der Waals surface area (Å²) in [6.45, 7) is 1.79. The number of aromatic nitrogens is 4. The summed E-state index contributed by atoms with van der Waals surface area (Å²) < 4.78 is 13.4. The monoisotopic (exact) mass is 433 g/mol. The summed E-state index contributed by atoms with van der Waals surface area (Å²) >= 11 is 0. The van der Waals surface area contributed by atoms with Gasteiger partial charge < -0.3 is 9.47 Å². The van der Waals surface area contributed by atoms with Gasteiger partial charge in [-0.15, -0.1) is 5.10 Å². The molecule has 0 spiro atoms. The Bertz CT molecular complexity index is 1060. The van der Waals surface area contributed by atoms with Gasteiger partial charge in [0.1, 0.15) is 17.5 Å². The van der Waals surface area contributed by atoms with Gasteiger partial charge in [0.15, 0.2) is 5.82 Å². The molecule has 1 aliphatic carbocycles. The number of nitrogens with zero attached hydrogens (tertiary/aromatic N) is 5. The Hall–Kier alpha value is -2.93. The van der Waals surface area contributed by atoms with Crippen LogP contribution in [0.25, 0.3) is 0 Å². The number of ether oxygens (including phenoxy) is 2. The molecular formula is C25H31N5O2. The SMILES string of the molecule is COc1ccc([C@H](c2nnnn2C2CCCCC2)N2CCc3ccccc3C2)c(OC)c1. The van der Waals surface area contributed by atoms with Crippen LogP contribution in [0.5, 0.6) is 11.5 Å².